The molecule has 33 heavy (non-hydrogen) atoms. The van der Waals surface area contributed by atoms with Gasteiger partial charge in [-0.2, -0.15) is 0 Å². The Morgan fingerprint density at radius 2 is 0.636 bits per heavy atom. The standard InChI is InChI=1S/C25H44O8/c1-22(2,3)30-18(26)16(19(27)31-23(4,5)6)14-13-15-17(20(28)32-24(7,8)9)21(29)33-25(10,11)12/h16-17H,13-15H2,1-12H3. The van der Waals surface area contributed by atoms with Crippen molar-refractivity contribution >= 4 is 23.9 Å². The minimum absolute atomic E-state index is 0.0475. The third kappa shape index (κ3) is 14.6. The van der Waals surface area contributed by atoms with E-state index in [1.165, 1.54) is 0 Å². The molecule has 0 aliphatic carbocycles. The number of rotatable bonds is 8. The van der Waals surface area contributed by atoms with Gasteiger partial charge in [-0.3, -0.25) is 19.2 Å². The van der Waals surface area contributed by atoms with Gasteiger partial charge in [0.2, 0.25) is 0 Å². The molecule has 0 aliphatic heterocycles. The van der Waals surface area contributed by atoms with Crippen molar-refractivity contribution in [1.29, 1.82) is 0 Å². The fourth-order valence-corrected chi connectivity index (χ4v) is 2.68. The number of esters is 4. The molecule has 0 heterocycles. The van der Waals surface area contributed by atoms with Crippen molar-refractivity contribution in [3.05, 3.63) is 0 Å². The second-order valence-electron chi connectivity index (χ2n) is 12.2. The quantitative estimate of drug-likeness (QED) is 0.283. The van der Waals surface area contributed by atoms with Crippen LogP contribution in [-0.4, -0.2) is 46.3 Å². The Labute approximate surface area is 199 Å². The molecule has 0 aromatic rings. The van der Waals surface area contributed by atoms with Gasteiger partial charge < -0.3 is 18.9 Å². The monoisotopic (exact) mass is 472 g/mol. The summed E-state index contributed by atoms with van der Waals surface area (Å²) in [5, 5.41) is 0. The predicted molar refractivity (Wildman–Crippen MR) is 124 cm³/mol. The molecule has 192 valence electrons. The largest absolute Gasteiger partial charge is 0.459 e. The van der Waals surface area contributed by atoms with Gasteiger partial charge in [0, 0.05) is 0 Å². The van der Waals surface area contributed by atoms with Crippen molar-refractivity contribution < 1.29 is 38.1 Å². The fourth-order valence-electron chi connectivity index (χ4n) is 2.68. The van der Waals surface area contributed by atoms with Crippen LogP contribution in [0.15, 0.2) is 0 Å². The van der Waals surface area contributed by atoms with E-state index in [9.17, 15) is 19.2 Å². The first-order chi connectivity index (χ1) is 14.5. The highest BCUT2D eigenvalue weighted by Gasteiger charge is 2.37. The molecule has 0 N–H and O–H groups in total. The van der Waals surface area contributed by atoms with Crippen molar-refractivity contribution in [2.45, 2.75) is 125 Å². The van der Waals surface area contributed by atoms with Crippen LogP contribution in [0.1, 0.15) is 102 Å². The zero-order chi connectivity index (χ0) is 26.4. The molecule has 0 aliphatic rings. The van der Waals surface area contributed by atoms with Crippen LogP contribution in [0, 0.1) is 11.8 Å². The normalized spacial score (nSPS) is 13.0. The van der Waals surface area contributed by atoms with Gasteiger partial charge >= 0.3 is 23.9 Å². The van der Waals surface area contributed by atoms with Crippen LogP contribution in [-0.2, 0) is 38.1 Å². The molecule has 0 atom stereocenters. The van der Waals surface area contributed by atoms with E-state index >= 15 is 0 Å². The number of ether oxygens (including phenoxy) is 4. The molecule has 0 saturated carbocycles. The van der Waals surface area contributed by atoms with Crippen LogP contribution >= 0.6 is 0 Å². The molecular formula is C25H44O8. The summed E-state index contributed by atoms with van der Waals surface area (Å²) in [5.74, 6) is -5.18. The van der Waals surface area contributed by atoms with Crippen molar-refractivity contribution in [3.8, 4) is 0 Å². The van der Waals surface area contributed by atoms with E-state index in [-0.39, 0.29) is 19.3 Å². The molecule has 0 saturated heterocycles. The molecule has 0 amide bonds. The molecule has 0 bridgehead atoms. The van der Waals surface area contributed by atoms with Crippen LogP contribution < -0.4 is 0 Å². The van der Waals surface area contributed by atoms with Gasteiger partial charge in [0.05, 0.1) is 0 Å². The first-order valence-corrected chi connectivity index (χ1v) is 11.4. The number of carbonyl (C=O) groups excluding carboxylic acids is 4. The molecule has 0 rings (SSSR count). The van der Waals surface area contributed by atoms with Crippen molar-refractivity contribution in [2.75, 3.05) is 0 Å². The third-order valence-electron chi connectivity index (χ3n) is 3.75. The third-order valence-corrected chi connectivity index (χ3v) is 3.75. The Morgan fingerprint density at radius 1 is 0.455 bits per heavy atom. The van der Waals surface area contributed by atoms with Gasteiger partial charge in [0.25, 0.3) is 0 Å². The van der Waals surface area contributed by atoms with E-state index in [0.717, 1.165) is 0 Å². The van der Waals surface area contributed by atoms with Crippen molar-refractivity contribution in [3.63, 3.8) is 0 Å². The molecule has 0 fully saturated rings. The maximum absolute atomic E-state index is 12.7. The van der Waals surface area contributed by atoms with Crippen molar-refractivity contribution in [1.82, 2.24) is 0 Å². The lowest BCUT2D eigenvalue weighted by atomic mass is 9.95. The van der Waals surface area contributed by atoms with E-state index in [4.69, 9.17) is 18.9 Å². The minimum atomic E-state index is -1.18. The molecule has 8 heteroatoms. The first-order valence-electron chi connectivity index (χ1n) is 11.4. The topological polar surface area (TPSA) is 105 Å². The molecule has 8 nitrogen and oxygen atoms in total. The van der Waals surface area contributed by atoms with Crippen LogP contribution in [0.5, 0.6) is 0 Å². The zero-order valence-corrected chi connectivity index (χ0v) is 22.5. The Balaban J connectivity index is 5.57. The highest BCUT2D eigenvalue weighted by molar-refractivity contribution is 5.96. The lowest BCUT2D eigenvalue weighted by molar-refractivity contribution is -0.175. The van der Waals surface area contributed by atoms with Crippen molar-refractivity contribution in [2.24, 2.45) is 11.8 Å². The second kappa shape index (κ2) is 11.3. The first kappa shape index (κ1) is 30.9. The van der Waals surface area contributed by atoms with Crippen LogP contribution in [0.3, 0.4) is 0 Å². The van der Waals surface area contributed by atoms with Crippen LogP contribution in [0.25, 0.3) is 0 Å². The summed E-state index contributed by atoms with van der Waals surface area (Å²) in [7, 11) is 0. The summed E-state index contributed by atoms with van der Waals surface area (Å²) in [5.41, 5.74) is -3.14. The van der Waals surface area contributed by atoms with E-state index in [0.29, 0.717) is 0 Å². The number of hydrogen-bond acceptors (Lipinski definition) is 8. The highest BCUT2D eigenvalue weighted by Crippen LogP contribution is 2.25. The summed E-state index contributed by atoms with van der Waals surface area (Å²) >= 11 is 0. The summed E-state index contributed by atoms with van der Waals surface area (Å²) in [4.78, 5) is 50.8. The Morgan fingerprint density at radius 3 is 0.788 bits per heavy atom. The molecule has 0 aromatic carbocycles. The molecule has 0 radical (unpaired) electrons. The van der Waals surface area contributed by atoms with Gasteiger partial charge in [-0.25, -0.2) is 0 Å². The van der Waals surface area contributed by atoms with Crippen LogP contribution in [0.4, 0.5) is 0 Å². The number of hydrogen-bond donors (Lipinski definition) is 0. The van der Waals surface area contributed by atoms with E-state index in [1.807, 2.05) is 0 Å². The predicted octanol–water partition coefficient (Wildman–Crippen LogP) is 4.76. The van der Waals surface area contributed by atoms with Gasteiger partial charge in [0.1, 0.15) is 22.4 Å². The summed E-state index contributed by atoms with van der Waals surface area (Å²) in [6.45, 7) is 20.5. The highest BCUT2D eigenvalue weighted by atomic mass is 16.6. The number of carbonyl (C=O) groups is 4. The van der Waals surface area contributed by atoms with Crippen LogP contribution in [0.2, 0.25) is 0 Å². The summed E-state index contributed by atoms with van der Waals surface area (Å²) < 4.78 is 21.6. The molecule has 0 spiro atoms. The van der Waals surface area contributed by atoms with E-state index < -0.39 is 58.1 Å². The smallest absolute Gasteiger partial charge is 0.320 e. The van der Waals surface area contributed by atoms with Gasteiger partial charge in [-0.15, -0.1) is 0 Å². The zero-order valence-electron chi connectivity index (χ0n) is 22.5. The Bertz CT molecular complexity index is 580. The van der Waals surface area contributed by atoms with Gasteiger partial charge in [-0.05, 0) is 95.9 Å². The van der Waals surface area contributed by atoms with E-state index in [1.54, 1.807) is 83.1 Å². The Kier molecular flexibility index (Phi) is 10.6. The Hall–Kier alpha value is -2.12. The summed E-state index contributed by atoms with van der Waals surface area (Å²) in [6, 6.07) is 0. The second-order valence-corrected chi connectivity index (χ2v) is 12.2. The molecule has 0 unspecified atom stereocenters. The average molecular weight is 473 g/mol. The SMILES string of the molecule is CC(C)(C)OC(=O)C(CCCC(C(=O)OC(C)(C)C)C(=O)OC(C)(C)C)C(=O)OC(C)(C)C. The summed E-state index contributed by atoms with van der Waals surface area (Å²) in [6.07, 6.45) is 0.296. The lowest BCUT2D eigenvalue weighted by Crippen LogP contribution is -2.38. The maximum Gasteiger partial charge on any atom is 0.320 e. The van der Waals surface area contributed by atoms with Gasteiger partial charge in [0.15, 0.2) is 11.8 Å². The molecule has 0 aromatic heterocycles. The van der Waals surface area contributed by atoms with E-state index in [2.05, 4.69) is 0 Å². The lowest BCUT2D eigenvalue weighted by Gasteiger charge is -2.27. The average Bonchev–Trinajstić information content (AvgIpc) is 2.47. The van der Waals surface area contributed by atoms with Gasteiger partial charge in [-0.1, -0.05) is 6.42 Å². The minimum Gasteiger partial charge on any atom is -0.459 e. The molecular weight excluding hydrogens is 428 g/mol. The maximum atomic E-state index is 12.7. The fraction of sp³-hybridized carbons (Fsp3) is 0.840.